The van der Waals surface area contributed by atoms with E-state index in [4.69, 9.17) is 4.74 Å². The van der Waals surface area contributed by atoms with Crippen LogP contribution in [-0.4, -0.2) is 51.4 Å². The lowest BCUT2D eigenvalue weighted by Gasteiger charge is -2.26. The van der Waals surface area contributed by atoms with E-state index in [2.05, 4.69) is 5.32 Å². The highest BCUT2D eigenvalue weighted by atomic mass is 32.2. The van der Waals surface area contributed by atoms with E-state index in [-0.39, 0.29) is 17.2 Å². The number of fused-ring (bicyclic) bond motifs is 1. The lowest BCUT2D eigenvalue weighted by atomic mass is 10.1. The second-order valence-electron chi connectivity index (χ2n) is 6.84. The SMILES string of the molecule is O=C(CNc1cccc2ccccc12)c1ccc(S(=O)(=O)N2CCOCC2)cc1. The largest absolute Gasteiger partial charge is 0.379 e. The average Bonchev–Trinajstić information content (AvgIpc) is 2.78. The number of carbonyl (C=O) groups is 1. The molecule has 1 N–H and O–H groups in total. The number of anilines is 1. The van der Waals surface area contributed by atoms with E-state index < -0.39 is 10.0 Å². The first-order chi connectivity index (χ1) is 14.1. The molecule has 0 bridgehead atoms. The van der Waals surface area contributed by atoms with Gasteiger partial charge in [0.2, 0.25) is 10.0 Å². The Morgan fingerprint density at radius 2 is 1.62 bits per heavy atom. The van der Waals surface area contributed by atoms with Gasteiger partial charge in [0.1, 0.15) is 0 Å². The Morgan fingerprint density at radius 3 is 2.38 bits per heavy atom. The number of rotatable bonds is 6. The minimum absolute atomic E-state index is 0.103. The van der Waals surface area contributed by atoms with Gasteiger partial charge in [-0.2, -0.15) is 4.31 Å². The highest BCUT2D eigenvalue weighted by Crippen LogP contribution is 2.23. The monoisotopic (exact) mass is 410 g/mol. The summed E-state index contributed by atoms with van der Waals surface area (Å²) in [5.41, 5.74) is 1.36. The molecule has 1 saturated heterocycles. The molecule has 0 aliphatic carbocycles. The van der Waals surface area contributed by atoms with Crippen molar-refractivity contribution in [2.75, 3.05) is 38.2 Å². The molecule has 0 amide bonds. The molecule has 3 aromatic carbocycles. The van der Waals surface area contributed by atoms with E-state index in [1.54, 1.807) is 12.1 Å². The maximum atomic E-state index is 12.7. The zero-order valence-electron chi connectivity index (χ0n) is 15.9. The van der Waals surface area contributed by atoms with E-state index >= 15 is 0 Å². The van der Waals surface area contributed by atoms with E-state index in [1.165, 1.54) is 16.4 Å². The molecule has 1 fully saturated rings. The van der Waals surface area contributed by atoms with Gasteiger partial charge in [0.25, 0.3) is 0 Å². The van der Waals surface area contributed by atoms with Gasteiger partial charge in [-0.05, 0) is 35.7 Å². The molecule has 1 heterocycles. The molecule has 1 aliphatic heterocycles. The number of benzene rings is 3. The first-order valence-corrected chi connectivity index (χ1v) is 10.9. The van der Waals surface area contributed by atoms with Crippen LogP contribution in [0.5, 0.6) is 0 Å². The Kier molecular flexibility index (Phi) is 5.62. The van der Waals surface area contributed by atoms with Gasteiger partial charge in [0.05, 0.1) is 24.7 Å². The van der Waals surface area contributed by atoms with E-state index in [0.717, 1.165) is 16.5 Å². The van der Waals surface area contributed by atoms with Gasteiger partial charge in [-0.1, -0.05) is 36.4 Å². The third-order valence-electron chi connectivity index (χ3n) is 5.01. The number of sulfonamides is 1. The number of morpholine rings is 1. The van der Waals surface area contributed by atoms with Gasteiger partial charge < -0.3 is 10.1 Å². The Balaban J connectivity index is 1.45. The van der Waals surface area contributed by atoms with Gasteiger partial charge in [-0.3, -0.25) is 4.79 Å². The number of nitrogens with one attached hydrogen (secondary N) is 1. The Labute approximate surface area is 170 Å². The van der Waals surface area contributed by atoms with Gasteiger partial charge in [-0.25, -0.2) is 8.42 Å². The summed E-state index contributed by atoms with van der Waals surface area (Å²) in [6.07, 6.45) is 0. The van der Waals surface area contributed by atoms with Crippen LogP contribution in [0.2, 0.25) is 0 Å². The van der Waals surface area contributed by atoms with Crippen LogP contribution in [-0.2, 0) is 14.8 Å². The highest BCUT2D eigenvalue weighted by molar-refractivity contribution is 7.89. The van der Waals surface area contributed by atoms with Crippen molar-refractivity contribution >= 4 is 32.3 Å². The zero-order valence-corrected chi connectivity index (χ0v) is 16.7. The number of hydrogen-bond donors (Lipinski definition) is 1. The van der Waals surface area contributed by atoms with Crippen LogP contribution in [0.3, 0.4) is 0 Å². The lowest BCUT2D eigenvalue weighted by molar-refractivity contribution is 0.0730. The highest BCUT2D eigenvalue weighted by Gasteiger charge is 2.26. The van der Waals surface area contributed by atoms with Gasteiger partial charge in [-0.15, -0.1) is 0 Å². The first-order valence-electron chi connectivity index (χ1n) is 9.48. The van der Waals surface area contributed by atoms with Crippen molar-refractivity contribution in [1.82, 2.24) is 4.31 Å². The fourth-order valence-electron chi connectivity index (χ4n) is 3.41. The summed E-state index contributed by atoms with van der Waals surface area (Å²) in [4.78, 5) is 12.8. The zero-order chi connectivity index (χ0) is 20.3. The molecule has 0 saturated carbocycles. The van der Waals surface area contributed by atoms with Crippen LogP contribution in [0.15, 0.2) is 71.6 Å². The van der Waals surface area contributed by atoms with Crippen LogP contribution in [0.4, 0.5) is 5.69 Å². The van der Waals surface area contributed by atoms with Crippen LogP contribution in [0.25, 0.3) is 10.8 Å². The van der Waals surface area contributed by atoms with Crippen LogP contribution < -0.4 is 5.32 Å². The topological polar surface area (TPSA) is 75.7 Å². The summed E-state index contributed by atoms with van der Waals surface area (Å²) in [5, 5.41) is 5.34. The number of Topliss-reactive ketones (excluding diaryl/α,β-unsaturated/α-hetero) is 1. The van der Waals surface area contributed by atoms with Crippen molar-refractivity contribution in [2.45, 2.75) is 4.90 Å². The number of nitrogens with zero attached hydrogens (tertiary/aromatic N) is 1. The molecule has 29 heavy (non-hydrogen) atoms. The third kappa shape index (κ3) is 4.17. The predicted octanol–water partition coefficient (Wildman–Crippen LogP) is 3.16. The third-order valence-corrected chi connectivity index (χ3v) is 6.93. The van der Waals surface area contributed by atoms with Crippen molar-refractivity contribution in [3.05, 3.63) is 72.3 Å². The predicted molar refractivity (Wildman–Crippen MR) is 113 cm³/mol. The minimum atomic E-state index is -3.56. The normalized spacial score (nSPS) is 15.3. The second-order valence-corrected chi connectivity index (χ2v) is 8.78. The van der Waals surface area contributed by atoms with Crippen LogP contribution in [0, 0.1) is 0 Å². The molecule has 150 valence electrons. The van der Waals surface area contributed by atoms with E-state index in [0.29, 0.717) is 31.9 Å². The quantitative estimate of drug-likeness (QED) is 0.632. The van der Waals surface area contributed by atoms with Gasteiger partial charge >= 0.3 is 0 Å². The van der Waals surface area contributed by atoms with Crippen LogP contribution in [0.1, 0.15) is 10.4 Å². The Bertz CT molecular complexity index is 1120. The van der Waals surface area contributed by atoms with Crippen molar-refractivity contribution in [3.8, 4) is 0 Å². The molecule has 0 radical (unpaired) electrons. The van der Waals surface area contributed by atoms with Crippen molar-refractivity contribution in [3.63, 3.8) is 0 Å². The summed E-state index contributed by atoms with van der Waals surface area (Å²) >= 11 is 0. The number of ketones is 1. The van der Waals surface area contributed by atoms with Crippen molar-refractivity contribution in [1.29, 1.82) is 0 Å². The standard InChI is InChI=1S/C22H22N2O4S/c25-22(16-23-21-7-3-5-17-4-1-2-6-20(17)21)18-8-10-19(11-9-18)29(26,27)24-12-14-28-15-13-24/h1-11,23H,12-16H2. The molecule has 0 unspecified atom stereocenters. The molecule has 1 aliphatic rings. The summed E-state index contributed by atoms with van der Waals surface area (Å²) in [6, 6.07) is 20.0. The molecular weight excluding hydrogens is 388 g/mol. The number of carbonyl (C=O) groups excluding carboxylic acids is 1. The maximum absolute atomic E-state index is 12.7. The average molecular weight is 410 g/mol. The summed E-state index contributed by atoms with van der Waals surface area (Å²) in [6.45, 7) is 1.62. The van der Waals surface area contributed by atoms with E-state index in [9.17, 15) is 13.2 Å². The summed E-state index contributed by atoms with van der Waals surface area (Å²) < 4.78 is 32.0. The summed E-state index contributed by atoms with van der Waals surface area (Å²) in [5.74, 6) is -0.103. The number of ether oxygens (including phenoxy) is 1. The molecule has 0 spiro atoms. The molecule has 0 aromatic heterocycles. The van der Waals surface area contributed by atoms with Crippen LogP contribution >= 0.6 is 0 Å². The fourth-order valence-corrected chi connectivity index (χ4v) is 4.81. The minimum Gasteiger partial charge on any atom is -0.379 e. The summed E-state index contributed by atoms with van der Waals surface area (Å²) in [7, 11) is -3.56. The molecular formula is C22H22N2O4S. The van der Waals surface area contributed by atoms with Gasteiger partial charge in [0, 0.05) is 29.7 Å². The Hall–Kier alpha value is -2.74. The molecule has 4 rings (SSSR count). The van der Waals surface area contributed by atoms with Crippen molar-refractivity contribution in [2.24, 2.45) is 0 Å². The van der Waals surface area contributed by atoms with E-state index in [1.807, 2.05) is 42.5 Å². The molecule has 7 heteroatoms. The second kappa shape index (κ2) is 8.32. The maximum Gasteiger partial charge on any atom is 0.243 e. The lowest BCUT2D eigenvalue weighted by Crippen LogP contribution is -2.40. The smallest absolute Gasteiger partial charge is 0.243 e. The molecule has 6 nitrogen and oxygen atoms in total. The van der Waals surface area contributed by atoms with Gasteiger partial charge in [0.15, 0.2) is 5.78 Å². The first kappa shape index (κ1) is 19.6. The fraction of sp³-hybridized carbons (Fsp3) is 0.227. The molecule has 3 aromatic rings. The number of hydrogen-bond acceptors (Lipinski definition) is 5. The van der Waals surface area contributed by atoms with Crippen molar-refractivity contribution < 1.29 is 17.9 Å². The Morgan fingerprint density at radius 1 is 0.931 bits per heavy atom. The molecule has 0 atom stereocenters.